The van der Waals surface area contributed by atoms with Crippen molar-refractivity contribution in [1.29, 1.82) is 0 Å². The quantitative estimate of drug-likeness (QED) is 0.329. The first-order valence-electron chi connectivity index (χ1n) is 9.52. The van der Waals surface area contributed by atoms with E-state index in [0.717, 1.165) is 0 Å². The normalized spacial score (nSPS) is 38.4. The van der Waals surface area contributed by atoms with Gasteiger partial charge in [-0.15, -0.1) is 0 Å². The van der Waals surface area contributed by atoms with Crippen LogP contribution in [0.1, 0.15) is 34.1 Å². The SMILES string of the molecule is [B][C@@H]1O[C@H](COC(C)C)C(OP(=O)(O)NC[C@H]2O[C@@H]([B])CC2OC(C)C)[C@@H]1O. The zero-order chi connectivity index (χ0) is 21.1. The second-order valence-electron chi connectivity index (χ2n) is 7.64. The van der Waals surface area contributed by atoms with Crippen molar-refractivity contribution in [3.05, 3.63) is 0 Å². The topological polar surface area (TPSA) is 116 Å². The Hall–Kier alpha value is 0.0399. The molecule has 0 bridgehead atoms. The van der Waals surface area contributed by atoms with Crippen molar-refractivity contribution in [3.63, 3.8) is 0 Å². The molecule has 0 aliphatic carbocycles. The molecule has 2 heterocycles. The maximum atomic E-state index is 12.5. The van der Waals surface area contributed by atoms with Gasteiger partial charge in [-0.25, -0.2) is 9.65 Å². The highest BCUT2D eigenvalue weighted by atomic mass is 31.2. The summed E-state index contributed by atoms with van der Waals surface area (Å²) in [7, 11) is 7.19. The molecule has 0 aromatic rings. The fourth-order valence-corrected chi connectivity index (χ4v) is 4.22. The largest absolute Gasteiger partial charge is 0.403 e. The average Bonchev–Trinajstić information content (AvgIpc) is 3.04. The summed E-state index contributed by atoms with van der Waals surface area (Å²) >= 11 is 0. The molecule has 0 aromatic heterocycles. The van der Waals surface area contributed by atoms with Crippen LogP contribution in [0.3, 0.4) is 0 Å². The molecule has 2 fully saturated rings. The number of nitrogens with one attached hydrogen (secondary N) is 1. The molecule has 28 heavy (non-hydrogen) atoms. The van der Waals surface area contributed by atoms with Gasteiger partial charge in [0.25, 0.3) is 0 Å². The fraction of sp³-hybridized carbons (Fsp3) is 1.00. The third kappa shape index (κ3) is 7.07. The van der Waals surface area contributed by atoms with Gasteiger partial charge in [0.1, 0.15) is 34.0 Å². The minimum atomic E-state index is -4.30. The first-order chi connectivity index (χ1) is 13.0. The van der Waals surface area contributed by atoms with E-state index in [1.807, 2.05) is 27.7 Å². The molecule has 3 N–H and O–H groups in total. The van der Waals surface area contributed by atoms with E-state index in [9.17, 15) is 14.6 Å². The number of ether oxygens (including phenoxy) is 4. The number of aliphatic hydroxyl groups excluding tert-OH is 1. The van der Waals surface area contributed by atoms with Gasteiger partial charge in [-0.3, -0.25) is 4.52 Å². The Labute approximate surface area is 169 Å². The van der Waals surface area contributed by atoms with Crippen molar-refractivity contribution in [3.8, 4) is 0 Å². The van der Waals surface area contributed by atoms with Gasteiger partial charge in [-0.2, -0.15) is 0 Å². The summed E-state index contributed by atoms with van der Waals surface area (Å²) in [5.41, 5.74) is 0. The summed E-state index contributed by atoms with van der Waals surface area (Å²) < 4.78 is 39.9. The predicted molar refractivity (Wildman–Crippen MR) is 103 cm³/mol. The molecule has 0 aromatic carbocycles. The summed E-state index contributed by atoms with van der Waals surface area (Å²) in [6.45, 7) is 7.50. The van der Waals surface area contributed by atoms with Crippen LogP contribution in [-0.2, 0) is 28.0 Å². The second kappa shape index (κ2) is 10.4. The van der Waals surface area contributed by atoms with Crippen molar-refractivity contribution in [1.82, 2.24) is 5.09 Å². The van der Waals surface area contributed by atoms with Crippen LogP contribution in [0.5, 0.6) is 0 Å². The lowest BCUT2D eigenvalue weighted by Gasteiger charge is -2.26. The lowest BCUT2D eigenvalue weighted by Crippen LogP contribution is -2.40. The van der Waals surface area contributed by atoms with E-state index in [4.69, 9.17) is 39.2 Å². The predicted octanol–water partition coefficient (Wildman–Crippen LogP) is -0.182. The molecule has 2 rings (SSSR count). The second-order valence-corrected chi connectivity index (χ2v) is 9.20. The highest BCUT2D eigenvalue weighted by molar-refractivity contribution is 7.50. The van der Waals surface area contributed by atoms with Crippen LogP contribution in [0.25, 0.3) is 0 Å². The average molecular weight is 417 g/mol. The highest BCUT2D eigenvalue weighted by Gasteiger charge is 2.46. The monoisotopic (exact) mass is 417 g/mol. The minimum Gasteiger partial charge on any atom is -0.388 e. The Kier molecular flexibility index (Phi) is 9.01. The van der Waals surface area contributed by atoms with Gasteiger partial charge >= 0.3 is 7.75 Å². The summed E-state index contributed by atoms with van der Waals surface area (Å²) in [5, 5.41) is 12.6. The molecule has 2 aliphatic heterocycles. The number of rotatable bonds is 10. The van der Waals surface area contributed by atoms with Crippen molar-refractivity contribution in [2.45, 2.75) is 88.9 Å². The molecular weight excluding hydrogens is 387 g/mol. The third-order valence-electron chi connectivity index (χ3n) is 4.40. The van der Waals surface area contributed by atoms with Gasteiger partial charge in [0, 0.05) is 18.6 Å². The van der Waals surface area contributed by atoms with E-state index in [1.54, 1.807) is 0 Å². The standard InChI is InChI=1S/C16H30B2NO8P/c1-8(2)23-7-12-15(14(20)16(18)26-12)27-28(21,22)19-6-11-10(24-9(3)4)5-13(17)25-11/h8-16,20H,5-7H2,1-4H3,(H2,19,21,22)/t10?,11-,12-,13-,14+,15?,16-/m1/s1. The molecule has 9 nitrogen and oxygen atoms in total. The maximum Gasteiger partial charge on any atom is 0.403 e. The zero-order valence-electron chi connectivity index (χ0n) is 16.8. The molecule has 12 heteroatoms. The van der Waals surface area contributed by atoms with E-state index < -0.39 is 44.2 Å². The van der Waals surface area contributed by atoms with Gasteiger partial charge in [-0.05, 0) is 34.1 Å². The Balaban J connectivity index is 1.93. The molecular formula is C16H30B2NO8P. The third-order valence-corrected chi connectivity index (χ3v) is 5.51. The Morgan fingerprint density at radius 2 is 1.86 bits per heavy atom. The van der Waals surface area contributed by atoms with Crippen molar-refractivity contribution in [2.24, 2.45) is 0 Å². The van der Waals surface area contributed by atoms with Gasteiger partial charge < -0.3 is 28.9 Å². The van der Waals surface area contributed by atoms with E-state index >= 15 is 0 Å². The van der Waals surface area contributed by atoms with Crippen LogP contribution in [0.15, 0.2) is 0 Å². The van der Waals surface area contributed by atoms with Crippen LogP contribution in [0.4, 0.5) is 0 Å². The van der Waals surface area contributed by atoms with Gasteiger partial charge in [0.15, 0.2) is 0 Å². The number of hydrogen-bond acceptors (Lipinski definition) is 7. The van der Waals surface area contributed by atoms with Gasteiger partial charge in [-0.1, -0.05) is 0 Å². The maximum absolute atomic E-state index is 12.5. The van der Waals surface area contributed by atoms with E-state index in [0.29, 0.717) is 6.42 Å². The smallest absolute Gasteiger partial charge is 0.388 e. The molecule has 2 aliphatic rings. The summed E-state index contributed by atoms with van der Waals surface area (Å²) in [6, 6.07) is -1.54. The van der Waals surface area contributed by atoms with Crippen LogP contribution in [-0.4, -0.2) is 93.6 Å². The van der Waals surface area contributed by atoms with E-state index in [1.165, 1.54) is 0 Å². The lowest BCUT2D eigenvalue weighted by atomic mass is 9.93. The molecule has 158 valence electrons. The molecule has 4 radical (unpaired) electrons. The summed E-state index contributed by atoms with van der Waals surface area (Å²) in [5.74, 6) is 0. The lowest BCUT2D eigenvalue weighted by molar-refractivity contribution is -0.0466. The molecule has 2 saturated heterocycles. The molecule has 0 saturated carbocycles. The Bertz CT molecular complexity index is 543. The molecule has 3 unspecified atom stereocenters. The van der Waals surface area contributed by atoms with Crippen molar-refractivity contribution >= 4 is 23.4 Å². The minimum absolute atomic E-state index is 0.0122. The van der Waals surface area contributed by atoms with Crippen LogP contribution >= 0.6 is 7.75 Å². The summed E-state index contributed by atoms with van der Waals surface area (Å²) in [6.07, 6.45) is -3.60. The Morgan fingerprint density at radius 3 is 2.46 bits per heavy atom. The molecule has 0 spiro atoms. The molecule has 0 amide bonds. The fourth-order valence-electron chi connectivity index (χ4n) is 3.15. The number of aliphatic hydroxyl groups is 1. The van der Waals surface area contributed by atoms with E-state index in [-0.39, 0.29) is 31.5 Å². The van der Waals surface area contributed by atoms with Gasteiger partial charge in [0.05, 0.1) is 31.0 Å². The molecule has 8 atom stereocenters. The van der Waals surface area contributed by atoms with E-state index in [2.05, 4.69) is 5.09 Å². The first kappa shape index (κ1) is 24.3. The van der Waals surface area contributed by atoms with Gasteiger partial charge in [0.2, 0.25) is 0 Å². The zero-order valence-corrected chi connectivity index (χ0v) is 17.7. The first-order valence-corrected chi connectivity index (χ1v) is 11.1. The number of hydrogen-bond donors (Lipinski definition) is 3. The van der Waals surface area contributed by atoms with Crippen molar-refractivity contribution in [2.75, 3.05) is 13.2 Å². The summed E-state index contributed by atoms with van der Waals surface area (Å²) in [4.78, 5) is 10.2. The van der Waals surface area contributed by atoms with Crippen LogP contribution < -0.4 is 5.09 Å². The Morgan fingerprint density at radius 1 is 1.18 bits per heavy atom. The highest BCUT2D eigenvalue weighted by Crippen LogP contribution is 2.42. The van der Waals surface area contributed by atoms with Crippen LogP contribution in [0, 0.1) is 0 Å². The van der Waals surface area contributed by atoms with Crippen molar-refractivity contribution < 1.29 is 38.0 Å². The van der Waals surface area contributed by atoms with Crippen LogP contribution in [0.2, 0.25) is 0 Å².